The van der Waals surface area contributed by atoms with Crippen LogP contribution in [0.2, 0.25) is 0 Å². The van der Waals surface area contributed by atoms with E-state index in [4.69, 9.17) is 11.6 Å². The first kappa shape index (κ1) is 13.3. The molecule has 92 valence electrons. The summed E-state index contributed by atoms with van der Waals surface area (Å²) in [5.41, 5.74) is 0. The van der Waals surface area contributed by atoms with Crippen molar-refractivity contribution in [2.24, 2.45) is 0 Å². The van der Waals surface area contributed by atoms with Gasteiger partial charge in [0.2, 0.25) is 5.91 Å². The Morgan fingerprint density at radius 1 is 1.50 bits per heavy atom. The number of likely N-dealkylation sites (N-methyl/N-ethyl adjacent to an activating group) is 1. The fraction of sp³-hybridized carbons (Fsp3) is 0.800. The zero-order valence-electron chi connectivity index (χ0n) is 9.46. The first-order valence-electron chi connectivity index (χ1n) is 5.46. The van der Waals surface area contributed by atoms with Gasteiger partial charge >= 0.3 is 6.03 Å². The van der Waals surface area contributed by atoms with E-state index < -0.39 is 6.03 Å². The molecule has 1 unspecified atom stereocenters. The van der Waals surface area contributed by atoms with Gasteiger partial charge in [-0.25, -0.2) is 4.79 Å². The molecule has 0 radical (unpaired) electrons. The number of piperidine rings is 1. The van der Waals surface area contributed by atoms with Crippen molar-refractivity contribution < 1.29 is 9.59 Å². The van der Waals surface area contributed by atoms with E-state index in [1.54, 1.807) is 0 Å². The van der Waals surface area contributed by atoms with Crippen molar-refractivity contribution in [3.8, 4) is 0 Å². The molecule has 3 amide bonds. The van der Waals surface area contributed by atoms with Crippen molar-refractivity contribution in [1.29, 1.82) is 0 Å². The van der Waals surface area contributed by atoms with Crippen molar-refractivity contribution in [3.05, 3.63) is 0 Å². The Bertz CT molecular complexity index is 260. The van der Waals surface area contributed by atoms with Crippen LogP contribution < -0.4 is 10.6 Å². The number of carbonyl (C=O) groups is 2. The van der Waals surface area contributed by atoms with Crippen molar-refractivity contribution in [3.63, 3.8) is 0 Å². The third kappa shape index (κ3) is 4.81. The zero-order valence-corrected chi connectivity index (χ0v) is 10.2. The number of hydrogen-bond acceptors (Lipinski definition) is 3. The Labute approximate surface area is 101 Å². The first-order chi connectivity index (χ1) is 7.61. The van der Waals surface area contributed by atoms with E-state index in [-0.39, 0.29) is 24.2 Å². The molecule has 0 aromatic carbocycles. The summed E-state index contributed by atoms with van der Waals surface area (Å²) in [5.74, 6) is -0.109. The Morgan fingerprint density at radius 2 is 2.25 bits per heavy atom. The molecule has 5 nitrogen and oxygen atoms in total. The van der Waals surface area contributed by atoms with Gasteiger partial charge in [0, 0.05) is 24.9 Å². The van der Waals surface area contributed by atoms with Gasteiger partial charge in [0.1, 0.15) is 0 Å². The molecule has 1 rings (SSSR count). The van der Waals surface area contributed by atoms with E-state index in [1.165, 1.54) is 0 Å². The molecule has 0 bridgehead atoms. The Morgan fingerprint density at radius 3 is 2.88 bits per heavy atom. The predicted molar refractivity (Wildman–Crippen MR) is 62.5 cm³/mol. The molecule has 1 aliphatic rings. The van der Waals surface area contributed by atoms with Gasteiger partial charge in [0.25, 0.3) is 0 Å². The van der Waals surface area contributed by atoms with Gasteiger partial charge in [-0.3, -0.25) is 10.1 Å². The molecule has 1 aliphatic heterocycles. The number of halogens is 1. The number of carbonyl (C=O) groups excluding carboxylic acids is 2. The van der Waals surface area contributed by atoms with Crippen molar-refractivity contribution in [2.75, 3.05) is 26.0 Å². The molecule has 2 N–H and O–H groups in total. The summed E-state index contributed by atoms with van der Waals surface area (Å²) in [6.07, 6.45) is 2.19. The second-order valence-electron chi connectivity index (χ2n) is 4.06. The first-order valence-corrected chi connectivity index (χ1v) is 6.00. The molecule has 0 saturated carbocycles. The van der Waals surface area contributed by atoms with Gasteiger partial charge in [-0.2, -0.15) is 0 Å². The number of imide groups is 1. The van der Waals surface area contributed by atoms with Crippen LogP contribution in [0.3, 0.4) is 0 Å². The summed E-state index contributed by atoms with van der Waals surface area (Å²) in [5, 5.41) is 5.03. The highest BCUT2D eigenvalue weighted by molar-refractivity contribution is 6.19. The highest BCUT2D eigenvalue weighted by atomic mass is 35.5. The minimum atomic E-state index is -0.421. The van der Waals surface area contributed by atoms with E-state index in [2.05, 4.69) is 15.5 Å². The molecule has 0 aromatic rings. The molecule has 0 aliphatic carbocycles. The van der Waals surface area contributed by atoms with Crippen LogP contribution >= 0.6 is 11.6 Å². The number of likely N-dealkylation sites (tertiary alicyclic amines) is 1. The summed E-state index contributed by atoms with van der Waals surface area (Å²) in [4.78, 5) is 24.7. The maximum Gasteiger partial charge on any atom is 0.321 e. The number of nitrogens with one attached hydrogen (secondary N) is 2. The molecule has 1 atom stereocenters. The van der Waals surface area contributed by atoms with Crippen LogP contribution in [0.15, 0.2) is 0 Å². The predicted octanol–water partition coefficient (Wildman–Crippen LogP) is 0.535. The van der Waals surface area contributed by atoms with Gasteiger partial charge < -0.3 is 10.2 Å². The van der Waals surface area contributed by atoms with Crippen LogP contribution in [0, 0.1) is 0 Å². The maximum atomic E-state index is 11.4. The topological polar surface area (TPSA) is 61.4 Å². The summed E-state index contributed by atoms with van der Waals surface area (Å²) in [6, 6.07) is -0.294. The Kier molecular flexibility index (Phi) is 5.55. The lowest BCUT2D eigenvalue weighted by Crippen LogP contribution is -2.50. The normalized spacial score (nSPS) is 21.5. The zero-order chi connectivity index (χ0) is 12.0. The molecule has 0 spiro atoms. The average Bonchev–Trinajstić information content (AvgIpc) is 2.17. The van der Waals surface area contributed by atoms with Gasteiger partial charge in [-0.15, -0.1) is 11.6 Å². The number of amides is 3. The quantitative estimate of drug-likeness (QED) is 0.716. The Hall–Kier alpha value is -0.810. The maximum absolute atomic E-state index is 11.4. The van der Waals surface area contributed by atoms with Crippen molar-refractivity contribution in [2.45, 2.75) is 25.3 Å². The second kappa shape index (κ2) is 6.70. The van der Waals surface area contributed by atoms with Gasteiger partial charge in [0.15, 0.2) is 0 Å². The van der Waals surface area contributed by atoms with E-state index in [0.29, 0.717) is 0 Å². The number of urea groups is 1. The molecular formula is C10H18ClN3O2. The van der Waals surface area contributed by atoms with E-state index in [1.807, 2.05) is 7.05 Å². The van der Waals surface area contributed by atoms with Crippen LogP contribution in [-0.2, 0) is 4.79 Å². The summed E-state index contributed by atoms with van der Waals surface area (Å²) in [6.45, 7) is 1.89. The number of alkyl halides is 1. The lowest BCUT2D eigenvalue weighted by atomic mass is 10.1. The van der Waals surface area contributed by atoms with Crippen LogP contribution in [0.1, 0.15) is 19.3 Å². The smallest absolute Gasteiger partial charge is 0.321 e. The molecule has 1 fully saturated rings. The third-order valence-electron chi connectivity index (χ3n) is 2.53. The Balaban J connectivity index is 2.25. The van der Waals surface area contributed by atoms with Crippen LogP contribution in [-0.4, -0.2) is 48.9 Å². The standard InChI is InChI=1S/C10H18ClN3O2/c1-14-6-2-3-8(7-14)12-10(16)13-9(15)4-5-11/h8H,2-7H2,1H3,(H2,12,13,15,16). The lowest BCUT2D eigenvalue weighted by molar-refractivity contribution is -0.119. The van der Waals surface area contributed by atoms with Gasteiger partial charge in [-0.05, 0) is 26.4 Å². The molecular weight excluding hydrogens is 230 g/mol. The fourth-order valence-corrected chi connectivity index (χ4v) is 1.95. The molecule has 16 heavy (non-hydrogen) atoms. The summed E-state index contributed by atoms with van der Waals surface area (Å²) < 4.78 is 0. The summed E-state index contributed by atoms with van der Waals surface area (Å²) >= 11 is 5.39. The number of nitrogens with zero attached hydrogens (tertiary/aromatic N) is 1. The minimum absolute atomic E-state index is 0.127. The van der Waals surface area contributed by atoms with Gasteiger partial charge in [-0.1, -0.05) is 0 Å². The van der Waals surface area contributed by atoms with E-state index in [0.717, 1.165) is 25.9 Å². The second-order valence-corrected chi connectivity index (χ2v) is 4.44. The monoisotopic (exact) mass is 247 g/mol. The highest BCUT2D eigenvalue weighted by Gasteiger charge is 2.19. The average molecular weight is 248 g/mol. The number of hydrogen-bond donors (Lipinski definition) is 2. The minimum Gasteiger partial charge on any atom is -0.334 e. The molecule has 1 saturated heterocycles. The van der Waals surface area contributed by atoms with Crippen LogP contribution in [0.5, 0.6) is 0 Å². The summed E-state index contributed by atoms with van der Waals surface area (Å²) in [7, 11) is 2.02. The molecule has 0 aromatic heterocycles. The number of rotatable bonds is 3. The largest absolute Gasteiger partial charge is 0.334 e. The highest BCUT2D eigenvalue weighted by Crippen LogP contribution is 2.07. The van der Waals surface area contributed by atoms with Gasteiger partial charge in [0.05, 0.1) is 0 Å². The third-order valence-corrected chi connectivity index (χ3v) is 2.72. The molecule has 1 heterocycles. The fourth-order valence-electron chi connectivity index (χ4n) is 1.78. The van der Waals surface area contributed by atoms with Crippen molar-refractivity contribution >= 4 is 23.5 Å². The van der Waals surface area contributed by atoms with Crippen LogP contribution in [0.4, 0.5) is 4.79 Å². The van der Waals surface area contributed by atoms with Crippen LogP contribution in [0.25, 0.3) is 0 Å². The van der Waals surface area contributed by atoms with E-state index in [9.17, 15) is 9.59 Å². The van der Waals surface area contributed by atoms with E-state index >= 15 is 0 Å². The molecule has 6 heteroatoms. The SMILES string of the molecule is CN1CCCC(NC(=O)NC(=O)CCCl)C1. The van der Waals surface area contributed by atoms with Crippen molar-refractivity contribution in [1.82, 2.24) is 15.5 Å². The lowest BCUT2D eigenvalue weighted by Gasteiger charge is -2.30.